The molecule has 0 aliphatic carbocycles. The molecule has 96 valence electrons. The number of aromatic hydroxyl groups is 1. The predicted octanol–water partition coefficient (Wildman–Crippen LogP) is 3.79. The van der Waals surface area contributed by atoms with Gasteiger partial charge in [-0.15, -0.1) is 0 Å². The Kier molecular flexibility index (Phi) is 2.88. The lowest BCUT2D eigenvalue weighted by Crippen LogP contribution is -1.98. The van der Waals surface area contributed by atoms with Crippen molar-refractivity contribution in [3.8, 4) is 5.75 Å². The van der Waals surface area contributed by atoms with Gasteiger partial charge in [0.2, 0.25) is 0 Å². The van der Waals surface area contributed by atoms with Gasteiger partial charge in [0.05, 0.1) is 0 Å². The zero-order chi connectivity index (χ0) is 13.2. The number of H-pyrrole nitrogens is 1. The first-order chi connectivity index (χ1) is 9.24. The molecule has 0 radical (unpaired) electrons. The topological polar surface area (TPSA) is 48.0 Å². The number of aromatic nitrogens is 1. The van der Waals surface area contributed by atoms with Crippen LogP contribution in [0.2, 0.25) is 0 Å². The summed E-state index contributed by atoms with van der Waals surface area (Å²) in [5.74, 6) is 0.331. The first kappa shape index (κ1) is 11.7. The molecule has 0 aliphatic rings. The summed E-state index contributed by atoms with van der Waals surface area (Å²) in [4.78, 5) is 3.26. The number of fused-ring (bicyclic) bond motifs is 1. The molecular weight excluding hydrogens is 236 g/mol. The predicted molar refractivity (Wildman–Crippen MR) is 78.5 cm³/mol. The van der Waals surface area contributed by atoms with Crippen LogP contribution in [0.15, 0.2) is 48.7 Å². The van der Waals surface area contributed by atoms with Crippen molar-refractivity contribution in [1.29, 1.82) is 0 Å². The Morgan fingerprint density at radius 3 is 2.84 bits per heavy atom. The van der Waals surface area contributed by atoms with Crippen molar-refractivity contribution in [3.63, 3.8) is 0 Å². The van der Waals surface area contributed by atoms with E-state index in [0.717, 1.165) is 23.3 Å². The summed E-state index contributed by atoms with van der Waals surface area (Å²) in [5, 5.41) is 14.1. The van der Waals surface area contributed by atoms with Gasteiger partial charge in [-0.1, -0.05) is 18.2 Å². The zero-order valence-electron chi connectivity index (χ0n) is 10.8. The highest BCUT2D eigenvalue weighted by Crippen LogP contribution is 2.22. The quantitative estimate of drug-likeness (QED) is 0.621. The number of hydrogen-bond acceptors (Lipinski definition) is 2. The van der Waals surface area contributed by atoms with E-state index in [0.29, 0.717) is 5.75 Å². The average molecular weight is 252 g/mol. The number of aromatic amines is 1. The molecule has 0 amide bonds. The van der Waals surface area contributed by atoms with Gasteiger partial charge < -0.3 is 15.4 Å². The first-order valence-electron chi connectivity index (χ1n) is 6.32. The molecule has 2 aromatic carbocycles. The van der Waals surface area contributed by atoms with Crippen LogP contribution in [0.5, 0.6) is 5.75 Å². The van der Waals surface area contributed by atoms with Crippen LogP contribution in [-0.4, -0.2) is 10.1 Å². The van der Waals surface area contributed by atoms with Crippen LogP contribution in [0, 0.1) is 6.92 Å². The largest absolute Gasteiger partial charge is 0.508 e. The van der Waals surface area contributed by atoms with Crippen molar-refractivity contribution in [2.75, 3.05) is 5.32 Å². The summed E-state index contributed by atoms with van der Waals surface area (Å²) in [7, 11) is 0. The van der Waals surface area contributed by atoms with Gasteiger partial charge in [-0.05, 0) is 42.3 Å². The standard InChI is InChI=1S/C16H16N2O/c1-11-8-13(6-7-16(11)19)17-9-12-10-18-15-5-3-2-4-14(12)15/h2-8,10,17-19H,9H2,1H3. The van der Waals surface area contributed by atoms with E-state index in [2.05, 4.69) is 22.4 Å². The number of phenolic OH excluding ortho intramolecular Hbond substituents is 1. The molecule has 0 aliphatic heterocycles. The van der Waals surface area contributed by atoms with Crippen molar-refractivity contribution in [2.24, 2.45) is 0 Å². The Morgan fingerprint density at radius 1 is 1.16 bits per heavy atom. The molecule has 3 aromatic rings. The van der Waals surface area contributed by atoms with Crippen molar-refractivity contribution >= 4 is 16.6 Å². The molecule has 0 bridgehead atoms. The van der Waals surface area contributed by atoms with Crippen LogP contribution in [0.1, 0.15) is 11.1 Å². The average Bonchev–Trinajstić information content (AvgIpc) is 2.83. The van der Waals surface area contributed by atoms with Gasteiger partial charge in [0, 0.05) is 29.3 Å². The Balaban J connectivity index is 1.80. The van der Waals surface area contributed by atoms with Crippen molar-refractivity contribution in [1.82, 2.24) is 4.98 Å². The van der Waals surface area contributed by atoms with Gasteiger partial charge in [-0.2, -0.15) is 0 Å². The molecule has 0 saturated carbocycles. The Labute approximate surface area is 111 Å². The molecule has 3 N–H and O–H groups in total. The Bertz CT molecular complexity index is 716. The second kappa shape index (κ2) is 4.69. The van der Waals surface area contributed by atoms with E-state index in [1.54, 1.807) is 6.07 Å². The summed E-state index contributed by atoms with van der Waals surface area (Å²) in [6.07, 6.45) is 2.03. The van der Waals surface area contributed by atoms with Gasteiger partial charge in [-0.25, -0.2) is 0 Å². The van der Waals surface area contributed by atoms with Crippen molar-refractivity contribution in [2.45, 2.75) is 13.5 Å². The number of benzene rings is 2. The van der Waals surface area contributed by atoms with Crippen molar-refractivity contribution in [3.05, 3.63) is 59.8 Å². The summed E-state index contributed by atoms with van der Waals surface area (Å²) in [5.41, 5.74) is 4.28. The second-order valence-electron chi connectivity index (χ2n) is 4.71. The van der Waals surface area contributed by atoms with Crippen LogP contribution >= 0.6 is 0 Å². The third-order valence-electron chi connectivity index (χ3n) is 3.35. The van der Waals surface area contributed by atoms with E-state index in [4.69, 9.17) is 0 Å². The molecule has 0 spiro atoms. The van der Waals surface area contributed by atoms with E-state index < -0.39 is 0 Å². The monoisotopic (exact) mass is 252 g/mol. The third kappa shape index (κ3) is 2.27. The van der Waals surface area contributed by atoms with Gasteiger partial charge >= 0.3 is 0 Å². The number of hydrogen-bond donors (Lipinski definition) is 3. The fraction of sp³-hybridized carbons (Fsp3) is 0.125. The van der Waals surface area contributed by atoms with E-state index >= 15 is 0 Å². The highest BCUT2D eigenvalue weighted by atomic mass is 16.3. The maximum absolute atomic E-state index is 9.50. The van der Waals surface area contributed by atoms with Gasteiger partial charge in [0.1, 0.15) is 5.75 Å². The van der Waals surface area contributed by atoms with Crippen LogP contribution in [-0.2, 0) is 6.54 Å². The highest BCUT2D eigenvalue weighted by molar-refractivity contribution is 5.83. The number of phenols is 1. The first-order valence-corrected chi connectivity index (χ1v) is 6.32. The lowest BCUT2D eigenvalue weighted by molar-refractivity contribution is 0.471. The molecule has 0 unspecified atom stereocenters. The SMILES string of the molecule is Cc1cc(NCc2c[nH]c3ccccc23)ccc1O. The second-order valence-corrected chi connectivity index (χ2v) is 4.71. The van der Waals surface area contributed by atoms with E-state index in [9.17, 15) is 5.11 Å². The molecule has 3 nitrogen and oxygen atoms in total. The maximum Gasteiger partial charge on any atom is 0.118 e. The molecule has 1 heterocycles. The van der Waals surface area contributed by atoms with Crippen LogP contribution in [0.25, 0.3) is 10.9 Å². The lowest BCUT2D eigenvalue weighted by atomic mass is 10.1. The van der Waals surface area contributed by atoms with E-state index in [1.165, 1.54) is 10.9 Å². The number of rotatable bonds is 3. The number of para-hydroxylation sites is 1. The Morgan fingerprint density at radius 2 is 2.00 bits per heavy atom. The Hall–Kier alpha value is -2.42. The minimum atomic E-state index is 0.331. The summed E-state index contributed by atoms with van der Waals surface area (Å²) in [6, 6.07) is 13.8. The maximum atomic E-state index is 9.50. The molecular formula is C16H16N2O. The van der Waals surface area contributed by atoms with Gasteiger partial charge in [0.25, 0.3) is 0 Å². The fourth-order valence-corrected chi connectivity index (χ4v) is 2.24. The minimum Gasteiger partial charge on any atom is -0.508 e. The minimum absolute atomic E-state index is 0.331. The fourth-order valence-electron chi connectivity index (χ4n) is 2.24. The molecule has 1 aromatic heterocycles. The molecule has 19 heavy (non-hydrogen) atoms. The normalized spacial score (nSPS) is 10.8. The third-order valence-corrected chi connectivity index (χ3v) is 3.35. The number of anilines is 1. The molecule has 0 fully saturated rings. The zero-order valence-corrected chi connectivity index (χ0v) is 10.8. The van der Waals surface area contributed by atoms with E-state index in [-0.39, 0.29) is 0 Å². The smallest absolute Gasteiger partial charge is 0.118 e. The lowest BCUT2D eigenvalue weighted by Gasteiger charge is -2.07. The molecule has 3 rings (SSSR count). The highest BCUT2D eigenvalue weighted by Gasteiger charge is 2.03. The summed E-state index contributed by atoms with van der Waals surface area (Å²) in [6.45, 7) is 2.65. The van der Waals surface area contributed by atoms with Crippen molar-refractivity contribution < 1.29 is 5.11 Å². The summed E-state index contributed by atoms with van der Waals surface area (Å²) >= 11 is 0. The number of aryl methyl sites for hydroxylation is 1. The molecule has 3 heteroatoms. The summed E-state index contributed by atoms with van der Waals surface area (Å²) < 4.78 is 0. The van der Waals surface area contributed by atoms with Gasteiger partial charge in [-0.3, -0.25) is 0 Å². The van der Waals surface area contributed by atoms with Gasteiger partial charge in [0.15, 0.2) is 0 Å². The van der Waals surface area contributed by atoms with E-state index in [1.807, 2.05) is 37.4 Å². The van der Waals surface area contributed by atoms with Crippen LogP contribution in [0.3, 0.4) is 0 Å². The van der Waals surface area contributed by atoms with Crippen LogP contribution in [0.4, 0.5) is 5.69 Å². The molecule has 0 saturated heterocycles. The molecule has 0 atom stereocenters. The van der Waals surface area contributed by atoms with Crippen LogP contribution < -0.4 is 5.32 Å². The number of nitrogens with one attached hydrogen (secondary N) is 2.